The molecule has 1 N–H and O–H groups in total. The number of ether oxygens (including phenoxy) is 2. The van der Waals surface area contributed by atoms with Crippen LogP contribution in [0, 0.1) is 0 Å². The molecule has 0 aromatic carbocycles. The number of hydrogen-bond acceptors (Lipinski definition) is 6. The summed E-state index contributed by atoms with van der Waals surface area (Å²) < 4.78 is 32.5. The topological polar surface area (TPSA) is 81.7 Å². The van der Waals surface area contributed by atoms with Crippen LogP contribution >= 0.6 is 0 Å². The lowest BCUT2D eigenvalue weighted by molar-refractivity contribution is -0.144. The minimum absolute atomic E-state index is 0.0496. The first-order valence-corrected chi connectivity index (χ1v) is 8.03. The minimum atomic E-state index is -2.91. The predicted molar refractivity (Wildman–Crippen MR) is 67.1 cm³/mol. The van der Waals surface area contributed by atoms with Crippen LogP contribution in [0.3, 0.4) is 0 Å². The first-order chi connectivity index (χ1) is 8.53. The zero-order valence-corrected chi connectivity index (χ0v) is 11.5. The Balaban J connectivity index is 2.04. The fourth-order valence-electron chi connectivity index (χ4n) is 1.70. The fraction of sp³-hybridized carbons (Fsp3) is 0.909. The summed E-state index contributed by atoms with van der Waals surface area (Å²) in [6.07, 6.45) is 1.50. The van der Waals surface area contributed by atoms with Gasteiger partial charge >= 0.3 is 5.97 Å². The van der Waals surface area contributed by atoms with Crippen LogP contribution in [-0.2, 0) is 24.1 Å². The van der Waals surface area contributed by atoms with E-state index >= 15 is 0 Å². The summed E-state index contributed by atoms with van der Waals surface area (Å²) in [5.41, 5.74) is 0. The number of nitrogens with one attached hydrogen (secondary N) is 1. The van der Waals surface area contributed by atoms with Crippen molar-refractivity contribution in [1.29, 1.82) is 0 Å². The molecule has 1 unspecified atom stereocenters. The summed E-state index contributed by atoms with van der Waals surface area (Å²) in [6.45, 7) is 3.36. The highest BCUT2D eigenvalue weighted by Crippen LogP contribution is 2.10. The van der Waals surface area contributed by atoms with Gasteiger partial charge < -0.3 is 14.8 Å². The molecule has 0 aromatic rings. The number of sulfone groups is 1. The second-order valence-electron chi connectivity index (χ2n) is 4.31. The molecule has 7 heteroatoms. The van der Waals surface area contributed by atoms with Crippen molar-refractivity contribution in [2.45, 2.75) is 25.8 Å². The summed E-state index contributed by atoms with van der Waals surface area (Å²) in [7, 11) is -2.91. The van der Waals surface area contributed by atoms with Gasteiger partial charge in [0.2, 0.25) is 0 Å². The van der Waals surface area contributed by atoms with Crippen LogP contribution in [0.1, 0.15) is 19.8 Å². The molecule has 1 saturated heterocycles. The summed E-state index contributed by atoms with van der Waals surface area (Å²) in [5, 5.41) is 2.89. The van der Waals surface area contributed by atoms with Gasteiger partial charge in [-0.1, -0.05) is 6.92 Å². The Morgan fingerprint density at radius 1 is 1.33 bits per heavy atom. The van der Waals surface area contributed by atoms with E-state index < -0.39 is 9.84 Å². The van der Waals surface area contributed by atoms with Crippen LogP contribution < -0.4 is 5.32 Å². The molecule has 0 aromatic heterocycles. The van der Waals surface area contributed by atoms with Crippen molar-refractivity contribution in [3.8, 4) is 0 Å². The molecule has 1 heterocycles. The van der Waals surface area contributed by atoms with Crippen LogP contribution in [0.15, 0.2) is 0 Å². The quantitative estimate of drug-likeness (QED) is 0.487. The first kappa shape index (κ1) is 15.4. The van der Waals surface area contributed by atoms with E-state index in [-0.39, 0.29) is 36.7 Å². The Morgan fingerprint density at radius 2 is 2.11 bits per heavy atom. The molecule has 0 radical (unpaired) electrons. The monoisotopic (exact) mass is 279 g/mol. The molecule has 1 aliphatic rings. The van der Waals surface area contributed by atoms with Crippen molar-refractivity contribution in [1.82, 2.24) is 5.32 Å². The molecule has 0 bridgehead atoms. The minimum Gasteiger partial charge on any atom is -0.462 e. The fourth-order valence-corrected chi connectivity index (χ4v) is 3.40. The normalized spacial score (nSPS) is 21.9. The highest BCUT2D eigenvalue weighted by molar-refractivity contribution is 7.91. The molecule has 0 saturated carbocycles. The lowest BCUT2D eigenvalue weighted by Gasteiger charge is -2.10. The maximum absolute atomic E-state index is 11.3. The van der Waals surface area contributed by atoms with Crippen LogP contribution in [0.4, 0.5) is 0 Å². The zero-order chi connectivity index (χ0) is 13.4. The first-order valence-electron chi connectivity index (χ1n) is 6.20. The number of hydrogen-bond donors (Lipinski definition) is 1. The number of carbonyl (C=O) groups is 1. The highest BCUT2D eigenvalue weighted by Gasteiger charge is 2.27. The average molecular weight is 279 g/mol. The summed E-state index contributed by atoms with van der Waals surface area (Å²) in [4.78, 5) is 11.3. The van der Waals surface area contributed by atoms with E-state index in [0.717, 1.165) is 6.42 Å². The standard InChI is InChI=1S/C11H21NO5S/c1-2-4-16-5-6-17-11(13)8-12-10-3-7-18(14,15)9-10/h10,12H,2-9H2,1H3. The molecular weight excluding hydrogens is 258 g/mol. The van der Waals surface area contributed by atoms with E-state index in [9.17, 15) is 13.2 Å². The Morgan fingerprint density at radius 3 is 2.72 bits per heavy atom. The third-order valence-electron chi connectivity index (χ3n) is 2.61. The molecule has 1 atom stereocenters. The van der Waals surface area contributed by atoms with Gasteiger partial charge in [0, 0.05) is 12.6 Å². The zero-order valence-electron chi connectivity index (χ0n) is 10.7. The molecule has 18 heavy (non-hydrogen) atoms. The van der Waals surface area contributed by atoms with Gasteiger partial charge in [-0.05, 0) is 12.8 Å². The third kappa shape index (κ3) is 6.32. The second kappa shape index (κ2) is 7.70. The molecule has 0 spiro atoms. The van der Waals surface area contributed by atoms with E-state index in [0.29, 0.717) is 19.6 Å². The summed E-state index contributed by atoms with van der Waals surface area (Å²) >= 11 is 0. The van der Waals surface area contributed by atoms with Crippen molar-refractivity contribution in [2.75, 3.05) is 37.9 Å². The number of esters is 1. The van der Waals surface area contributed by atoms with Gasteiger partial charge in [0.15, 0.2) is 9.84 Å². The lowest BCUT2D eigenvalue weighted by atomic mass is 10.3. The average Bonchev–Trinajstić information content (AvgIpc) is 2.66. The van der Waals surface area contributed by atoms with Gasteiger partial charge in [0.25, 0.3) is 0 Å². The van der Waals surface area contributed by atoms with Gasteiger partial charge in [0.1, 0.15) is 6.61 Å². The van der Waals surface area contributed by atoms with Crippen molar-refractivity contribution < 1.29 is 22.7 Å². The van der Waals surface area contributed by atoms with Gasteiger partial charge in [-0.2, -0.15) is 0 Å². The van der Waals surface area contributed by atoms with E-state index in [1.54, 1.807) is 0 Å². The molecule has 0 amide bonds. The van der Waals surface area contributed by atoms with Crippen LogP contribution in [0.5, 0.6) is 0 Å². The van der Waals surface area contributed by atoms with Crippen molar-refractivity contribution in [2.24, 2.45) is 0 Å². The summed E-state index contributed by atoms with van der Waals surface area (Å²) in [5.74, 6) is -0.0656. The molecule has 1 fully saturated rings. The largest absolute Gasteiger partial charge is 0.462 e. The third-order valence-corrected chi connectivity index (χ3v) is 4.37. The molecule has 6 nitrogen and oxygen atoms in total. The summed E-state index contributed by atoms with van der Waals surface area (Å²) in [6, 6.07) is -0.126. The maximum Gasteiger partial charge on any atom is 0.320 e. The van der Waals surface area contributed by atoms with Crippen LogP contribution in [0.2, 0.25) is 0 Å². The van der Waals surface area contributed by atoms with E-state index in [1.807, 2.05) is 6.92 Å². The van der Waals surface area contributed by atoms with Gasteiger partial charge in [-0.25, -0.2) is 8.42 Å². The lowest BCUT2D eigenvalue weighted by Crippen LogP contribution is -2.35. The maximum atomic E-state index is 11.3. The number of rotatable bonds is 8. The van der Waals surface area contributed by atoms with Gasteiger partial charge in [-0.15, -0.1) is 0 Å². The Bertz CT molecular complexity index is 354. The van der Waals surface area contributed by atoms with Gasteiger partial charge in [-0.3, -0.25) is 4.79 Å². The van der Waals surface area contributed by atoms with E-state index in [2.05, 4.69) is 5.32 Å². The molecule has 1 rings (SSSR count). The molecular formula is C11H21NO5S. The number of carbonyl (C=O) groups excluding carboxylic acids is 1. The van der Waals surface area contributed by atoms with Crippen molar-refractivity contribution in [3.05, 3.63) is 0 Å². The van der Waals surface area contributed by atoms with E-state index in [4.69, 9.17) is 9.47 Å². The molecule has 0 aliphatic carbocycles. The van der Waals surface area contributed by atoms with Gasteiger partial charge in [0.05, 0.1) is 24.7 Å². The Labute approximate surface area is 108 Å². The Kier molecular flexibility index (Phi) is 6.59. The predicted octanol–water partition coefficient (Wildman–Crippen LogP) is -0.267. The SMILES string of the molecule is CCCOCCOC(=O)CNC1CCS(=O)(=O)C1. The second-order valence-corrected chi connectivity index (χ2v) is 6.54. The van der Waals surface area contributed by atoms with Crippen LogP contribution in [-0.4, -0.2) is 58.3 Å². The van der Waals surface area contributed by atoms with Crippen molar-refractivity contribution >= 4 is 15.8 Å². The molecule has 1 aliphatic heterocycles. The molecule has 106 valence electrons. The smallest absolute Gasteiger partial charge is 0.320 e. The highest BCUT2D eigenvalue weighted by atomic mass is 32.2. The van der Waals surface area contributed by atoms with E-state index in [1.165, 1.54) is 0 Å². The van der Waals surface area contributed by atoms with Crippen LogP contribution in [0.25, 0.3) is 0 Å². The Hall–Kier alpha value is -0.660. The van der Waals surface area contributed by atoms with Crippen molar-refractivity contribution in [3.63, 3.8) is 0 Å².